The van der Waals surface area contributed by atoms with Crippen LogP contribution in [0.2, 0.25) is 0 Å². The van der Waals surface area contributed by atoms with Crippen LogP contribution >= 0.6 is 0 Å². The Morgan fingerprint density at radius 1 is 0.857 bits per heavy atom. The van der Waals surface area contributed by atoms with Gasteiger partial charge in [0.1, 0.15) is 6.10 Å². The van der Waals surface area contributed by atoms with Crippen molar-refractivity contribution in [3.8, 4) is 0 Å². The van der Waals surface area contributed by atoms with Crippen LogP contribution < -0.4 is 5.32 Å². The molecule has 0 heterocycles. The van der Waals surface area contributed by atoms with E-state index in [1.165, 1.54) is 55.2 Å². The van der Waals surface area contributed by atoms with Crippen molar-refractivity contribution in [1.82, 2.24) is 5.32 Å². The summed E-state index contributed by atoms with van der Waals surface area (Å²) < 4.78 is 6.46. The van der Waals surface area contributed by atoms with Gasteiger partial charge < -0.3 is 10.1 Å². The molecule has 2 aromatic carbocycles. The highest BCUT2D eigenvalue weighted by Gasteiger charge is 2.50. The van der Waals surface area contributed by atoms with Crippen LogP contribution in [-0.2, 0) is 4.74 Å². The first-order chi connectivity index (χ1) is 13.7. The van der Waals surface area contributed by atoms with Gasteiger partial charge in [0.25, 0.3) is 0 Å². The molecule has 0 radical (unpaired) electrons. The summed E-state index contributed by atoms with van der Waals surface area (Å²) in [5, 5.41) is 3.97. The molecule has 0 aromatic heterocycles. The summed E-state index contributed by atoms with van der Waals surface area (Å²) in [5.41, 5.74) is 4.19. The fraction of sp³-hybridized carbons (Fsp3) is 0.538. The first-order valence-electron chi connectivity index (χ1n) is 11.2. The summed E-state index contributed by atoms with van der Waals surface area (Å²) in [6.07, 6.45) is 8.72. The Morgan fingerprint density at radius 3 is 2.04 bits per heavy atom. The SMILES string of the molecule is Cc1ccc([C@@H](OCCNC23CC4CC(CC(C4)C2)C3)c2ccccc2)cc1. The lowest BCUT2D eigenvalue weighted by Gasteiger charge is -2.57. The van der Waals surface area contributed by atoms with Gasteiger partial charge in [0, 0.05) is 12.1 Å². The van der Waals surface area contributed by atoms with Gasteiger partial charge in [-0.2, -0.15) is 0 Å². The Labute approximate surface area is 169 Å². The highest BCUT2D eigenvalue weighted by Crippen LogP contribution is 2.55. The number of rotatable bonds is 7. The monoisotopic (exact) mass is 375 g/mol. The summed E-state index contributed by atoms with van der Waals surface area (Å²) in [4.78, 5) is 0. The molecule has 2 nitrogen and oxygen atoms in total. The van der Waals surface area contributed by atoms with Crippen LogP contribution in [0, 0.1) is 24.7 Å². The molecule has 28 heavy (non-hydrogen) atoms. The summed E-state index contributed by atoms with van der Waals surface area (Å²) >= 11 is 0. The van der Waals surface area contributed by atoms with E-state index in [0.717, 1.165) is 30.9 Å². The van der Waals surface area contributed by atoms with Gasteiger partial charge in [0.15, 0.2) is 0 Å². The van der Waals surface area contributed by atoms with Crippen molar-refractivity contribution in [3.05, 3.63) is 71.3 Å². The molecule has 2 aromatic rings. The average molecular weight is 376 g/mol. The van der Waals surface area contributed by atoms with E-state index in [9.17, 15) is 0 Å². The Morgan fingerprint density at radius 2 is 1.43 bits per heavy atom. The van der Waals surface area contributed by atoms with Gasteiger partial charge in [-0.15, -0.1) is 0 Å². The van der Waals surface area contributed by atoms with E-state index in [1.54, 1.807) is 0 Å². The highest BCUT2D eigenvalue weighted by atomic mass is 16.5. The van der Waals surface area contributed by atoms with E-state index in [4.69, 9.17) is 4.74 Å². The second-order valence-corrected chi connectivity index (χ2v) is 9.70. The Bertz CT molecular complexity index is 747. The number of ether oxygens (including phenoxy) is 1. The van der Waals surface area contributed by atoms with Crippen LogP contribution in [0.5, 0.6) is 0 Å². The van der Waals surface area contributed by atoms with Gasteiger partial charge in [0.2, 0.25) is 0 Å². The third-order valence-corrected chi connectivity index (χ3v) is 7.41. The Kier molecular flexibility index (Phi) is 5.02. The molecule has 4 saturated carbocycles. The third-order valence-electron chi connectivity index (χ3n) is 7.41. The number of hydrogen-bond acceptors (Lipinski definition) is 2. The van der Waals surface area contributed by atoms with Crippen molar-refractivity contribution in [2.75, 3.05) is 13.2 Å². The molecule has 4 aliphatic rings. The van der Waals surface area contributed by atoms with Crippen molar-refractivity contribution < 1.29 is 4.74 Å². The van der Waals surface area contributed by atoms with Gasteiger partial charge >= 0.3 is 0 Å². The standard InChI is InChI=1S/C26H33NO/c1-19-7-9-24(10-8-19)25(23-5-3-2-4-6-23)28-12-11-27-26-16-20-13-21(17-26)15-22(14-20)18-26/h2-10,20-22,25,27H,11-18H2,1H3/t20?,21?,22?,25-,26?/m0/s1. The lowest BCUT2D eigenvalue weighted by molar-refractivity contribution is -0.0247. The largest absolute Gasteiger partial charge is 0.367 e. The molecule has 1 N–H and O–H groups in total. The van der Waals surface area contributed by atoms with Gasteiger partial charge in [0.05, 0.1) is 6.61 Å². The molecule has 1 atom stereocenters. The van der Waals surface area contributed by atoms with Crippen LogP contribution in [0.4, 0.5) is 0 Å². The number of benzene rings is 2. The fourth-order valence-electron chi connectivity index (χ4n) is 6.57. The maximum absolute atomic E-state index is 6.46. The first kappa shape index (κ1) is 18.4. The van der Waals surface area contributed by atoms with E-state index in [1.807, 2.05) is 0 Å². The fourth-order valence-corrected chi connectivity index (χ4v) is 6.57. The van der Waals surface area contributed by atoms with Crippen molar-refractivity contribution in [2.45, 2.75) is 57.1 Å². The zero-order valence-electron chi connectivity index (χ0n) is 17.1. The predicted molar refractivity (Wildman–Crippen MR) is 114 cm³/mol. The molecule has 148 valence electrons. The minimum absolute atomic E-state index is 0.0139. The molecule has 4 bridgehead atoms. The quantitative estimate of drug-likeness (QED) is 0.631. The molecule has 0 amide bonds. The molecule has 2 heteroatoms. The zero-order chi connectivity index (χ0) is 19.0. The van der Waals surface area contributed by atoms with E-state index in [0.29, 0.717) is 5.54 Å². The van der Waals surface area contributed by atoms with Crippen LogP contribution in [0.3, 0.4) is 0 Å². The smallest absolute Gasteiger partial charge is 0.108 e. The van der Waals surface area contributed by atoms with E-state index >= 15 is 0 Å². The van der Waals surface area contributed by atoms with E-state index in [-0.39, 0.29) is 6.10 Å². The molecule has 0 saturated heterocycles. The van der Waals surface area contributed by atoms with Gasteiger partial charge in [-0.25, -0.2) is 0 Å². The molecular formula is C26H33NO. The summed E-state index contributed by atoms with van der Waals surface area (Å²) in [6.45, 7) is 3.86. The van der Waals surface area contributed by atoms with E-state index < -0.39 is 0 Å². The van der Waals surface area contributed by atoms with Crippen LogP contribution in [-0.4, -0.2) is 18.7 Å². The average Bonchev–Trinajstić information content (AvgIpc) is 2.69. The minimum Gasteiger partial charge on any atom is -0.367 e. The Balaban J connectivity index is 1.23. The number of hydrogen-bond donors (Lipinski definition) is 1. The topological polar surface area (TPSA) is 21.3 Å². The summed E-state index contributed by atoms with van der Waals surface area (Å²) in [6, 6.07) is 19.4. The second-order valence-electron chi connectivity index (χ2n) is 9.70. The molecule has 0 aliphatic heterocycles. The number of nitrogens with one attached hydrogen (secondary N) is 1. The van der Waals surface area contributed by atoms with Crippen molar-refractivity contribution >= 4 is 0 Å². The first-order valence-corrected chi connectivity index (χ1v) is 11.2. The minimum atomic E-state index is 0.0139. The summed E-state index contributed by atoms with van der Waals surface area (Å²) in [7, 11) is 0. The van der Waals surface area contributed by atoms with Gasteiger partial charge in [-0.1, -0.05) is 60.2 Å². The maximum Gasteiger partial charge on any atom is 0.108 e. The lowest BCUT2D eigenvalue weighted by Crippen LogP contribution is -2.58. The zero-order valence-corrected chi connectivity index (χ0v) is 17.1. The van der Waals surface area contributed by atoms with E-state index in [2.05, 4.69) is 66.8 Å². The molecule has 6 rings (SSSR count). The van der Waals surface area contributed by atoms with Crippen molar-refractivity contribution in [3.63, 3.8) is 0 Å². The van der Waals surface area contributed by atoms with Gasteiger partial charge in [-0.3, -0.25) is 0 Å². The Hall–Kier alpha value is -1.64. The van der Waals surface area contributed by atoms with Crippen molar-refractivity contribution in [1.29, 1.82) is 0 Å². The van der Waals surface area contributed by atoms with Crippen LogP contribution in [0.25, 0.3) is 0 Å². The van der Waals surface area contributed by atoms with Crippen molar-refractivity contribution in [2.24, 2.45) is 17.8 Å². The molecule has 0 spiro atoms. The summed E-state index contributed by atoms with van der Waals surface area (Å²) in [5.74, 6) is 2.97. The highest BCUT2D eigenvalue weighted by molar-refractivity contribution is 5.31. The molecule has 4 aliphatic carbocycles. The third kappa shape index (κ3) is 3.77. The molecule has 4 fully saturated rings. The second kappa shape index (κ2) is 7.65. The number of aryl methyl sites for hydroxylation is 1. The van der Waals surface area contributed by atoms with Gasteiger partial charge in [-0.05, 0) is 74.3 Å². The molecular weight excluding hydrogens is 342 g/mol. The predicted octanol–water partition coefficient (Wildman–Crippen LogP) is 5.66. The van der Waals surface area contributed by atoms with Crippen LogP contribution in [0.15, 0.2) is 54.6 Å². The van der Waals surface area contributed by atoms with Crippen LogP contribution in [0.1, 0.15) is 61.3 Å². The maximum atomic E-state index is 6.46. The lowest BCUT2D eigenvalue weighted by atomic mass is 9.53. The normalized spacial score (nSPS) is 31.8. The molecule has 0 unspecified atom stereocenters.